The third kappa shape index (κ3) is 4.46. The summed E-state index contributed by atoms with van der Waals surface area (Å²) in [5.41, 5.74) is 3.93. The first-order valence-corrected chi connectivity index (χ1v) is 12.2. The van der Waals surface area contributed by atoms with Gasteiger partial charge < -0.3 is 15.0 Å². The summed E-state index contributed by atoms with van der Waals surface area (Å²) in [7, 11) is -3.66. The number of amides is 1. The minimum Gasteiger partial charge on any atom is -0.379 e. The lowest BCUT2D eigenvalue weighted by molar-refractivity contribution is 0.0730. The van der Waals surface area contributed by atoms with Crippen LogP contribution in [0.5, 0.6) is 0 Å². The summed E-state index contributed by atoms with van der Waals surface area (Å²) in [5.74, 6) is -0.234. The zero-order valence-electron chi connectivity index (χ0n) is 18.1. The molecule has 1 N–H and O–H groups in total. The average Bonchev–Trinajstić information content (AvgIpc) is 3.31. The van der Waals surface area contributed by atoms with E-state index in [4.69, 9.17) is 4.74 Å². The van der Waals surface area contributed by atoms with Gasteiger partial charge in [-0.2, -0.15) is 4.31 Å². The summed E-state index contributed by atoms with van der Waals surface area (Å²) >= 11 is 0. The maximum Gasteiger partial charge on any atom is 0.255 e. The lowest BCUT2D eigenvalue weighted by Gasteiger charge is -2.27. The van der Waals surface area contributed by atoms with Crippen LogP contribution in [0.2, 0.25) is 0 Å². The molecule has 0 spiro atoms. The number of carbonyl (C=O) groups excluding carboxylic acids is 1. The molecule has 2 aromatic carbocycles. The van der Waals surface area contributed by atoms with E-state index >= 15 is 0 Å². The Bertz CT molecular complexity index is 1070. The number of hydrogen-bond acceptors (Lipinski definition) is 5. The van der Waals surface area contributed by atoms with E-state index in [1.807, 2.05) is 32.0 Å². The number of benzene rings is 2. The smallest absolute Gasteiger partial charge is 0.255 e. The molecule has 0 radical (unpaired) electrons. The van der Waals surface area contributed by atoms with Crippen LogP contribution in [-0.2, 0) is 14.8 Å². The van der Waals surface area contributed by atoms with Gasteiger partial charge in [-0.25, -0.2) is 8.42 Å². The van der Waals surface area contributed by atoms with Gasteiger partial charge in [-0.05, 0) is 62.1 Å². The third-order valence-electron chi connectivity index (χ3n) is 6.12. The molecule has 0 bridgehead atoms. The quantitative estimate of drug-likeness (QED) is 0.768. The molecule has 0 aromatic heterocycles. The molecule has 1 amide bonds. The minimum absolute atomic E-state index is 0.189. The van der Waals surface area contributed by atoms with Crippen molar-refractivity contribution in [3.05, 3.63) is 53.1 Å². The number of carbonyl (C=O) groups is 1. The first-order valence-electron chi connectivity index (χ1n) is 10.7. The molecule has 166 valence electrons. The van der Waals surface area contributed by atoms with Crippen molar-refractivity contribution >= 4 is 27.3 Å². The maximum atomic E-state index is 13.2. The van der Waals surface area contributed by atoms with Crippen LogP contribution in [-0.4, -0.2) is 58.0 Å². The van der Waals surface area contributed by atoms with Crippen molar-refractivity contribution in [1.29, 1.82) is 0 Å². The summed E-state index contributed by atoms with van der Waals surface area (Å²) in [6.07, 6.45) is 2.16. The summed E-state index contributed by atoms with van der Waals surface area (Å²) in [5, 5.41) is 3.00. The van der Waals surface area contributed by atoms with Crippen LogP contribution in [0.3, 0.4) is 0 Å². The van der Waals surface area contributed by atoms with Crippen molar-refractivity contribution in [3.63, 3.8) is 0 Å². The van der Waals surface area contributed by atoms with Crippen LogP contribution in [0.25, 0.3) is 0 Å². The van der Waals surface area contributed by atoms with Crippen LogP contribution < -0.4 is 10.2 Å². The van der Waals surface area contributed by atoms with Crippen LogP contribution in [0.1, 0.15) is 34.3 Å². The second-order valence-corrected chi connectivity index (χ2v) is 10.0. The van der Waals surface area contributed by atoms with E-state index in [-0.39, 0.29) is 10.8 Å². The predicted molar refractivity (Wildman–Crippen MR) is 121 cm³/mol. The van der Waals surface area contributed by atoms with Gasteiger partial charge in [-0.15, -0.1) is 0 Å². The molecule has 2 fully saturated rings. The van der Waals surface area contributed by atoms with E-state index in [2.05, 4.69) is 10.2 Å². The summed E-state index contributed by atoms with van der Waals surface area (Å²) in [6.45, 7) is 7.12. The molecule has 4 rings (SSSR count). The molecule has 0 unspecified atom stereocenters. The number of nitrogens with zero attached hydrogens (tertiary/aromatic N) is 2. The fraction of sp³-hybridized carbons (Fsp3) is 0.435. The molecule has 0 atom stereocenters. The van der Waals surface area contributed by atoms with Gasteiger partial charge in [0, 0.05) is 31.7 Å². The lowest BCUT2D eigenvalue weighted by Crippen LogP contribution is -2.40. The Kier molecular flexibility index (Phi) is 6.31. The predicted octanol–water partition coefficient (Wildman–Crippen LogP) is 3.18. The Balaban J connectivity index is 1.70. The Morgan fingerprint density at radius 2 is 1.71 bits per heavy atom. The third-order valence-corrected chi connectivity index (χ3v) is 8.01. The highest BCUT2D eigenvalue weighted by Crippen LogP contribution is 2.33. The van der Waals surface area contributed by atoms with Gasteiger partial charge in [-0.3, -0.25) is 4.79 Å². The lowest BCUT2D eigenvalue weighted by atomic mass is 10.0. The molecular formula is C23H29N3O4S. The van der Waals surface area contributed by atoms with Crippen LogP contribution in [0.15, 0.2) is 41.3 Å². The number of nitrogens with one attached hydrogen (secondary N) is 1. The number of rotatable bonds is 5. The molecule has 2 saturated heterocycles. The number of hydrogen-bond donors (Lipinski definition) is 1. The molecule has 0 aliphatic carbocycles. The Morgan fingerprint density at radius 1 is 1.00 bits per heavy atom. The highest BCUT2D eigenvalue weighted by Gasteiger charge is 2.28. The molecule has 8 heteroatoms. The maximum absolute atomic E-state index is 13.2. The molecular weight excluding hydrogens is 414 g/mol. The van der Waals surface area contributed by atoms with Crippen molar-refractivity contribution in [2.24, 2.45) is 0 Å². The molecule has 7 nitrogen and oxygen atoms in total. The topological polar surface area (TPSA) is 79.0 Å². The van der Waals surface area contributed by atoms with Crippen molar-refractivity contribution in [2.45, 2.75) is 31.6 Å². The number of sulfonamides is 1. The molecule has 2 aliphatic heterocycles. The number of ether oxygens (including phenoxy) is 1. The SMILES string of the molecule is Cc1cccc(C(=O)Nc2cc(S(=O)(=O)N3CCOCC3)ccc2N2CCCC2)c1C. The van der Waals surface area contributed by atoms with Crippen molar-refractivity contribution in [3.8, 4) is 0 Å². The van der Waals surface area contributed by atoms with Crippen LogP contribution in [0, 0.1) is 13.8 Å². The Hall–Kier alpha value is -2.42. The summed E-state index contributed by atoms with van der Waals surface area (Å²) < 4.78 is 33.1. The van der Waals surface area contributed by atoms with Crippen molar-refractivity contribution in [2.75, 3.05) is 49.6 Å². The largest absolute Gasteiger partial charge is 0.379 e. The fourth-order valence-electron chi connectivity index (χ4n) is 4.13. The number of morpholine rings is 1. The van der Waals surface area contributed by atoms with E-state index in [9.17, 15) is 13.2 Å². The normalized spacial score (nSPS) is 17.7. The number of anilines is 2. The minimum atomic E-state index is -3.66. The van der Waals surface area contributed by atoms with Gasteiger partial charge in [0.1, 0.15) is 0 Å². The van der Waals surface area contributed by atoms with Gasteiger partial charge in [0.25, 0.3) is 5.91 Å². The van der Waals surface area contributed by atoms with E-state index in [1.165, 1.54) is 4.31 Å². The monoisotopic (exact) mass is 443 g/mol. The zero-order valence-corrected chi connectivity index (χ0v) is 18.9. The molecule has 0 saturated carbocycles. The van der Waals surface area contributed by atoms with Crippen molar-refractivity contribution in [1.82, 2.24) is 4.31 Å². The molecule has 2 aromatic rings. The van der Waals surface area contributed by atoms with Gasteiger partial charge in [-0.1, -0.05) is 12.1 Å². The average molecular weight is 444 g/mol. The van der Waals surface area contributed by atoms with E-state index < -0.39 is 10.0 Å². The first kappa shape index (κ1) is 21.8. The van der Waals surface area contributed by atoms with E-state index in [0.29, 0.717) is 37.6 Å². The summed E-state index contributed by atoms with van der Waals surface area (Å²) in [6, 6.07) is 10.7. The Morgan fingerprint density at radius 3 is 2.42 bits per heavy atom. The summed E-state index contributed by atoms with van der Waals surface area (Å²) in [4.78, 5) is 15.5. The van der Waals surface area contributed by atoms with Crippen LogP contribution in [0.4, 0.5) is 11.4 Å². The van der Waals surface area contributed by atoms with Crippen LogP contribution >= 0.6 is 0 Å². The molecule has 2 aliphatic rings. The van der Waals surface area contributed by atoms with Gasteiger partial charge in [0.2, 0.25) is 10.0 Å². The zero-order chi connectivity index (χ0) is 22.0. The van der Waals surface area contributed by atoms with Gasteiger partial charge in [0.05, 0.1) is 29.5 Å². The highest BCUT2D eigenvalue weighted by molar-refractivity contribution is 7.89. The van der Waals surface area contributed by atoms with Gasteiger partial charge in [0.15, 0.2) is 0 Å². The standard InChI is InChI=1S/C23H29N3O4S/c1-17-6-5-7-20(18(17)2)23(27)24-21-16-19(8-9-22(21)25-10-3-4-11-25)31(28,29)26-12-14-30-15-13-26/h5-9,16H,3-4,10-15H2,1-2H3,(H,24,27). The van der Waals surface area contributed by atoms with Crippen molar-refractivity contribution < 1.29 is 17.9 Å². The fourth-order valence-corrected chi connectivity index (χ4v) is 5.57. The Labute approximate surface area is 184 Å². The van der Waals surface area contributed by atoms with Gasteiger partial charge >= 0.3 is 0 Å². The first-order chi connectivity index (χ1) is 14.9. The number of aryl methyl sites for hydroxylation is 1. The highest BCUT2D eigenvalue weighted by atomic mass is 32.2. The van der Waals surface area contributed by atoms with E-state index in [1.54, 1.807) is 18.2 Å². The second-order valence-electron chi connectivity index (χ2n) is 8.09. The second kappa shape index (κ2) is 8.98. The van der Waals surface area contributed by atoms with E-state index in [0.717, 1.165) is 42.7 Å². The molecule has 2 heterocycles. The molecule has 31 heavy (non-hydrogen) atoms.